The quantitative estimate of drug-likeness (QED) is 0.293. The molecule has 198 valence electrons. The number of hydrogen-bond donors (Lipinski definition) is 1. The Hall–Kier alpha value is -3.24. The van der Waals surface area contributed by atoms with Crippen LogP contribution in [0.1, 0.15) is 31.2 Å². The van der Waals surface area contributed by atoms with Crippen LogP contribution >= 0.6 is 0 Å². The molecule has 3 aromatic carbocycles. The molecule has 0 aromatic heterocycles. The summed E-state index contributed by atoms with van der Waals surface area (Å²) in [5, 5.41) is 8.96. The molecule has 37 heavy (non-hydrogen) atoms. The van der Waals surface area contributed by atoms with Crippen molar-refractivity contribution in [1.82, 2.24) is 0 Å². The highest BCUT2D eigenvalue weighted by atomic mass is 19.2. The molecule has 0 radical (unpaired) electrons. The number of hydrogen-bond acceptors (Lipinski definition) is 4. The molecular weight excluding hydrogens is 502 g/mol. The van der Waals surface area contributed by atoms with Gasteiger partial charge in [-0.3, -0.25) is 0 Å². The Labute approximate surface area is 209 Å². The summed E-state index contributed by atoms with van der Waals surface area (Å²) in [5.41, 5.74) is 1.08. The first-order valence-corrected chi connectivity index (χ1v) is 11.6. The molecule has 3 aromatic rings. The first-order valence-electron chi connectivity index (χ1n) is 11.6. The van der Waals surface area contributed by atoms with Gasteiger partial charge in [0, 0.05) is 25.7 Å². The van der Waals surface area contributed by atoms with Crippen LogP contribution in [0.25, 0.3) is 0 Å². The van der Waals surface area contributed by atoms with Gasteiger partial charge in [-0.25, -0.2) is 17.6 Å². The second kappa shape index (κ2) is 11.9. The van der Waals surface area contributed by atoms with Crippen LogP contribution in [0, 0.1) is 34.9 Å². The minimum atomic E-state index is -1.53. The lowest BCUT2D eigenvalue weighted by atomic mass is 9.92. The Balaban J connectivity index is 0.000000186. The lowest BCUT2D eigenvalue weighted by Crippen LogP contribution is -2.39. The van der Waals surface area contributed by atoms with Gasteiger partial charge in [-0.05, 0) is 29.8 Å². The van der Waals surface area contributed by atoms with Crippen molar-refractivity contribution in [3.63, 3.8) is 0 Å². The van der Waals surface area contributed by atoms with Crippen LogP contribution in [0.5, 0.6) is 11.5 Å². The third-order valence-corrected chi connectivity index (χ3v) is 6.04. The molecule has 5 rings (SSSR count). The van der Waals surface area contributed by atoms with E-state index in [9.17, 15) is 26.3 Å². The second-order valence-electron chi connectivity index (χ2n) is 8.84. The molecule has 0 unspecified atom stereocenters. The highest BCUT2D eigenvalue weighted by Crippen LogP contribution is 2.32. The van der Waals surface area contributed by atoms with E-state index in [1.165, 1.54) is 0 Å². The van der Waals surface area contributed by atoms with Crippen LogP contribution in [0.2, 0.25) is 0 Å². The largest absolute Gasteiger partial charge is 0.487 e. The third kappa shape index (κ3) is 6.75. The molecule has 0 bridgehead atoms. The van der Waals surface area contributed by atoms with Gasteiger partial charge in [0.25, 0.3) is 0 Å². The standard InChI is InChI=1S/C17H15F3O2.C10H9F3O2/c18-14-6-7-15(17(20)16(14)19)22-13-8-12(9-13)21-10-11-4-2-1-3-5-11;11-7-1-2-8(10(13)9(7)12)15-6-3-5(14)4-6/h1-7,12-13H,8-10H2;1-2,5-6,14H,3-4H2. The topological polar surface area (TPSA) is 47.9 Å². The van der Waals surface area contributed by atoms with E-state index in [1.807, 2.05) is 30.3 Å². The van der Waals surface area contributed by atoms with Crippen molar-refractivity contribution in [1.29, 1.82) is 0 Å². The Kier molecular flexibility index (Phi) is 8.60. The predicted octanol–water partition coefficient (Wildman–Crippen LogP) is 6.24. The van der Waals surface area contributed by atoms with Crippen molar-refractivity contribution < 1.29 is 45.7 Å². The molecule has 10 heteroatoms. The van der Waals surface area contributed by atoms with Gasteiger partial charge in [0.2, 0.25) is 11.6 Å². The van der Waals surface area contributed by atoms with E-state index < -0.39 is 41.0 Å². The van der Waals surface area contributed by atoms with Crippen LogP contribution in [0.15, 0.2) is 54.6 Å². The monoisotopic (exact) mass is 526 g/mol. The lowest BCUT2D eigenvalue weighted by Gasteiger charge is -2.35. The van der Waals surface area contributed by atoms with Gasteiger partial charge < -0.3 is 19.3 Å². The highest BCUT2D eigenvalue weighted by molar-refractivity contribution is 5.27. The summed E-state index contributed by atoms with van der Waals surface area (Å²) < 4.78 is 93.9. The number of benzene rings is 3. The van der Waals surface area contributed by atoms with Gasteiger partial charge in [0.1, 0.15) is 12.2 Å². The molecule has 0 aliphatic heterocycles. The maximum atomic E-state index is 13.5. The molecule has 0 spiro atoms. The van der Waals surface area contributed by atoms with Crippen molar-refractivity contribution in [2.45, 2.75) is 56.7 Å². The molecule has 0 heterocycles. The van der Waals surface area contributed by atoms with Crippen LogP contribution in [0.3, 0.4) is 0 Å². The highest BCUT2D eigenvalue weighted by Gasteiger charge is 2.33. The first kappa shape index (κ1) is 26.8. The zero-order valence-corrected chi connectivity index (χ0v) is 19.5. The Bertz CT molecular complexity index is 1200. The van der Waals surface area contributed by atoms with Gasteiger partial charge in [0.05, 0.1) is 18.8 Å². The van der Waals surface area contributed by atoms with Crippen LogP contribution in [-0.4, -0.2) is 29.5 Å². The van der Waals surface area contributed by atoms with E-state index in [2.05, 4.69) is 0 Å². The van der Waals surface area contributed by atoms with E-state index in [0.717, 1.165) is 29.8 Å². The maximum Gasteiger partial charge on any atom is 0.203 e. The van der Waals surface area contributed by atoms with Crippen LogP contribution in [0.4, 0.5) is 26.3 Å². The number of halogens is 6. The Morgan fingerprint density at radius 2 is 1.08 bits per heavy atom. The predicted molar refractivity (Wildman–Crippen MR) is 121 cm³/mol. The summed E-state index contributed by atoms with van der Waals surface area (Å²) in [4.78, 5) is 0. The molecule has 0 saturated heterocycles. The van der Waals surface area contributed by atoms with E-state index in [4.69, 9.17) is 19.3 Å². The normalized spacial score (nSPS) is 22.2. The molecule has 4 nitrogen and oxygen atoms in total. The SMILES string of the molecule is Fc1ccc(OC2CC(OCc3ccccc3)C2)c(F)c1F.OC1CC(Oc2ccc(F)c(F)c2F)C1. The molecule has 1 N–H and O–H groups in total. The number of aliphatic hydroxyl groups is 1. The molecule has 2 aliphatic carbocycles. The van der Waals surface area contributed by atoms with E-state index in [1.54, 1.807) is 0 Å². The molecule has 2 fully saturated rings. The third-order valence-electron chi connectivity index (χ3n) is 6.04. The summed E-state index contributed by atoms with van der Waals surface area (Å²) in [7, 11) is 0. The van der Waals surface area contributed by atoms with Crippen LogP contribution < -0.4 is 9.47 Å². The number of rotatable bonds is 7. The maximum absolute atomic E-state index is 13.5. The van der Waals surface area contributed by atoms with Crippen molar-refractivity contribution >= 4 is 0 Å². The summed E-state index contributed by atoms with van der Waals surface area (Å²) >= 11 is 0. The fraction of sp³-hybridized carbons (Fsp3) is 0.333. The molecule has 2 saturated carbocycles. The number of aliphatic hydroxyl groups excluding tert-OH is 1. The molecular formula is C27H24F6O4. The lowest BCUT2D eigenvalue weighted by molar-refractivity contribution is -0.0693. The minimum absolute atomic E-state index is 0.0403. The first-order chi connectivity index (χ1) is 17.7. The fourth-order valence-corrected chi connectivity index (χ4v) is 3.73. The molecule has 2 aliphatic rings. The van der Waals surface area contributed by atoms with E-state index >= 15 is 0 Å². The summed E-state index contributed by atoms with van der Waals surface area (Å²) in [5.74, 6) is -8.68. The average Bonchev–Trinajstić information content (AvgIpc) is 2.85. The van der Waals surface area contributed by atoms with Crippen molar-refractivity contribution in [2.75, 3.05) is 0 Å². The average molecular weight is 526 g/mol. The van der Waals surface area contributed by atoms with Gasteiger partial charge in [-0.1, -0.05) is 30.3 Å². The number of ether oxygens (including phenoxy) is 3. The molecule has 0 atom stereocenters. The van der Waals surface area contributed by atoms with Crippen molar-refractivity contribution in [3.8, 4) is 11.5 Å². The van der Waals surface area contributed by atoms with Gasteiger partial charge in [-0.2, -0.15) is 8.78 Å². The Morgan fingerprint density at radius 1 is 0.595 bits per heavy atom. The smallest absolute Gasteiger partial charge is 0.203 e. The second-order valence-corrected chi connectivity index (χ2v) is 8.84. The zero-order valence-electron chi connectivity index (χ0n) is 19.5. The Morgan fingerprint density at radius 3 is 1.57 bits per heavy atom. The van der Waals surface area contributed by atoms with Crippen molar-refractivity contribution in [2.24, 2.45) is 0 Å². The summed E-state index contributed by atoms with van der Waals surface area (Å²) in [6.07, 6.45) is 1.02. The minimum Gasteiger partial charge on any atom is -0.487 e. The van der Waals surface area contributed by atoms with E-state index in [-0.39, 0.29) is 29.8 Å². The molecule has 0 amide bonds. The van der Waals surface area contributed by atoms with Crippen LogP contribution in [-0.2, 0) is 11.3 Å². The summed E-state index contributed by atoms with van der Waals surface area (Å²) in [6, 6.07) is 13.6. The van der Waals surface area contributed by atoms with Crippen molar-refractivity contribution in [3.05, 3.63) is 95.1 Å². The van der Waals surface area contributed by atoms with E-state index in [0.29, 0.717) is 32.3 Å². The fourth-order valence-electron chi connectivity index (χ4n) is 3.73. The van der Waals surface area contributed by atoms with Gasteiger partial charge >= 0.3 is 0 Å². The zero-order chi connectivity index (χ0) is 26.5. The van der Waals surface area contributed by atoms with Gasteiger partial charge in [-0.15, -0.1) is 0 Å². The van der Waals surface area contributed by atoms with Gasteiger partial charge in [0.15, 0.2) is 34.8 Å². The summed E-state index contributed by atoms with van der Waals surface area (Å²) in [6.45, 7) is 0.512.